The van der Waals surface area contributed by atoms with Crippen molar-refractivity contribution in [2.24, 2.45) is 0 Å². The monoisotopic (exact) mass is 247 g/mol. The van der Waals surface area contributed by atoms with Gasteiger partial charge in [0.1, 0.15) is 6.61 Å². The summed E-state index contributed by atoms with van der Waals surface area (Å²) in [6.07, 6.45) is 0.282. The van der Waals surface area contributed by atoms with Gasteiger partial charge in [-0.25, -0.2) is 0 Å². The van der Waals surface area contributed by atoms with Crippen LogP contribution in [0.2, 0.25) is 0 Å². The maximum atomic E-state index is 11.5. The van der Waals surface area contributed by atoms with E-state index in [2.05, 4.69) is 0 Å². The Hall–Kier alpha value is -1.81. The van der Waals surface area contributed by atoms with Crippen molar-refractivity contribution in [2.45, 2.75) is 13.0 Å². The standard InChI is InChI=1S/C13H13NO2S/c14-12-3-1-10(2-4-12)7-13(15)16-8-11-5-6-17-9-11/h1-6,9H,7-8,14H2. The fraction of sp³-hybridized carbons (Fsp3) is 0.154. The zero-order valence-electron chi connectivity index (χ0n) is 9.26. The summed E-state index contributed by atoms with van der Waals surface area (Å²) in [6, 6.07) is 9.17. The first kappa shape index (κ1) is 11.7. The SMILES string of the molecule is Nc1ccc(CC(=O)OCc2ccsc2)cc1. The molecule has 0 spiro atoms. The van der Waals surface area contributed by atoms with Crippen molar-refractivity contribution >= 4 is 23.0 Å². The topological polar surface area (TPSA) is 52.3 Å². The summed E-state index contributed by atoms with van der Waals surface area (Å²) in [5.41, 5.74) is 8.20. The fourth-order valence-corrected chi connectivity index (χ4v) is 2.05. The zero-order valence-corrected chi connectivity index (χ0v) is 10.1. The van der Waals surface area contributed by atoms with Gasteiger partial charge in [-0.3, -0.25) is 4.79 Å². The summed E-state index contributed by atoms with van der Waals surface area (Å²) in [4.78, 5) is 11.5. The molecule has 0 fully saturated rings. The highest BCUT2D eigenvalue weighted by molar-refractivity contribution is 7.07. The van der Waals surface area contributed by atoms with E-state index in [0.29, 0.717) is 12.3 Å². The molecule has 1 heterocycles. The van der Waals surface area contributed by atoms with E-state index in [1.54, 1.807) is 23.5 Å². The number of carbonyl (C=O) groups excluding carboxylic acids is 1. The Morgan fingerprint density at radius 1 is 1.18 bits per heavy atom. The van der Waals surface area contributed by atoms with Crippen molar-refractivity contribution < 1.29 is 9.53 Å². The Balaban J connectivity index is 1.83. The molecule has 0 unspecified atom stereocenters. The van der Waals surface area contributed by atoms with Crippen LogP contribution >= 0.6 is 11.3 Å². The molecule has 0 aliphatic carbocycles. The van der Waals surface area contributed by atoms with Gasteiger partial charge in [-0.2, -0.15) is 11.3 Å². The fourth-order valence-electron chi connectivity index (χ4n) is 1.39. The van der Waals surface area contributed by atoms with Crippen molar-refractivity contribution in [3.8, 4) is 0 Å². The quantitative estimate of drug-likeness (QED) is 0.667. The van der Waals surface area contributed by atoms with Crippen LogP contribution in [0.4, 0.5) is 5.69 Å². The summed E-state index contributed by atoms with van der Waals surface area (Å²) >= 11 is 1.59. The maximum Gasteiger partial charge on any atom is 0.310 e. The number of esters is 1. The molecule has 2 N–H and O–H groups in total. The van der Waals surface area contributed by atoms with Crippen molar-refractivity contribution in [1.29, 1.82) is 0 Å². The van der Waals surface area contributed by atoms with Gasteiger partial charge in [0, 0.05) is 11.3 Å². The van der Waals surface area contributed by atoms with Gasteiger partial charge < -0.3 is 10.5 Å². The number of thiophene rings is 1. The largest absolute Gasteiger partial charge is 0.461 e. The molecule has 0 bridgehead atoms. The Morgan fingerprint density at radius 3 is 2.59 bits per heavy atom. The second-order valence-corrected chi connectivity index (χ2v) is 4.49. The minimum atomic E-state index is -0.221. The number of anilines is 1. The average Bonchev–Trinajstić information content (AvgIpc) is 2.83. The number of rotatable bonds is 4. The normalized spacial score (nSPS) is 10.1. The van der Waals surface area contributed by atoms with Crippen molar-refractivity contribution in [1.82, 2.24) is 0 Å². The molecule has 0 amide bonds. The lowest BCUT2D eigenvalue weighted by molar-refractivity contribution is -0.144. The predicted octanol–water partition coefficient (Wildman–Crippen LogP) is 2.62. The van der Waals surface area contributed by atoms with Crippen LogP contribution in [0.15, 0.2) is 41.1 Å². The van der Waals surface area contributed by atoms with E-state index in [4.69, 9.17) is 10.5 Å². The highest BCUT2D eigenvalue weighted by Gasteiger charge is 2.05. The van der Waals surface area contributed by atoms with Crippen LogP contribution in [-0.2, 0) is 22.6 Å². The number of ether oxygens (including phenoxy) is 1. The van der Waals surface area contributed by atoms with Crippen LogP contribution < -0.4 is 5.73 Å². The van der Waals surface area contributed by atoms with Gasteiger partial charge in [0.15, 0.2) is 0 Å². The average molecular weight is 247 g/mol. The van der Waals surface area contributed by atoms with Gasteiger partial charge in [0.2, 0.25) is 0 Å². The Bertz CT molecular complexity index is 477. The second-order valence-electron chi connectivity index (χ2n) is 3.71. The number of carbonyl (C=O) groups is 1. The molecule has 2 rings (SSSR count). The number of hydrogen-bond acceptors (Lipinski definition) is 4. The molecule has 0 saturated heterocycles. The molecule has 1 aromatic carbocycles. The molecule has 0 radical (unpaired) electrons. The summed E-state index contributed by atoms with van der Waals surface area (Å²) in [5.74, 6) is -0.221. The Kier molecular flexibility index (Phi) is 3.77. The minimum absolute atomic E-state index is 0.221. The third-order valence-electron chi connectivity index (χ3n) is 2.31. The van der Waals surface area contributed by atoms with Crippen molar-refractivity contribution in [3.63, 3.8) is 0 Å². The first-order valence-corrected chi connectivity index (χ1v) is 6.19. The van der Waals surface area contributed by atoms with E-state index in [0.717, 1.165) is 11.1 Å². The molecular weight excluding hydrogens is 234 g/mol. The third kappa shape index (κ3) is 3.60. The summed E-state index contributed by atoms with van der Waals surface area (Å²) in [5, 5.41) is 3.93. The minimum Gasteiger partial charge on any atom is -0.461 e. The molecule has 4 heteroatoms. The summed E-state index contributed by atoms with van der Waals surface area (Å²) < 4.78 is 5.16. The summed E-state index contributed by atoms with van der Waals surface area (Å²) in [7, 11) is 0. The van der Waals surface area contributed by atoms with E-state index < -0.39 is 0 Å². The smallest absolute Gasteiger partial charge is 0.310 e. The maximum absolute atomic E-state index is 11.5. The lowest BCUT2D eigenvalue weighted by Gasteiger charge is -2.03. The van der Waals surface area contributed by atoms with Crippen LogP contribution in [-0.4, -0.2) is 5.97 Å². The molecule has 0 saturated carbocycles. The molecule has 88 valence electrons. The Morgan fingerprint density at radius 2 is 1.94 bits per heavy atom. The second kappa shape index (κ2) is 5.50. The molecule has 0 atom stereocenters. The number of nitrogens with two attached hydrogens (primary N) is 1. The van der Waals surface area contributed by atoms with E-state index in [1.165, 1.54) is 0 Å². The van der Waals surface area contributed by atoms with Crippen molar-refractivity contribution in [3.05, 3.63) is 52.2 Å². The lowest BCUT2D eigenvalue weighted by atomic mass is 10.1. The zero-order chi connectivity index (χ0) is 12.1. The van der Waals surface area contributed by atoms with Gasteiger partial charge >= 0.3 is 5.97 Å². The van der Waals surface area contributed by atoms with Gasteiger partial charge in [-0.1, -0.05) is 12.1 Å². The molecule has 2 aromatic rings. The molecule has 0 aliphatic heterocycles. The number of nitrogen functional groups attached to an aromatic ring is 1. The Labute approximate surface area is 104 Å². The first-order chi connectivity index (χ1) is 8.24. The molecule has 0 aliphatic rings. The molecule has 3 nitrogen and oxygen atoms in total. The number of hydrogen-bond donors (Lipinski definition) is 1. The predicted molar refractivity (Wildman–Crippen MR) is 68.7 cm³/mol. The van der Waals surface area contributed by atoms with Gasteiger partial charge in [0.05, 0.1) is 6.42 Å². The van der Waals surface area contributed by atoms with E-state index in [9.17, 15) is 4.79 Å². The molecule has 1 aromatic heterocycles. The third-order valence-corrected chi connectivity index (χ3v) is 3.04. The first-order valence-electron chi connectivity index (χ1n) is 5.25. The lowest BCUT2D eigenvalue weighted by Crippen LogP contribution is -2.07. The van der Waals surface area contributed by atoms with Crippen LogP contribution in [0.3, 0.4) is 0 Å². The number of benzene rings is 1. The summed E-state index contributed by atoms with van der Waals surface area (Å²) in [6.45, 7) is 0.345. The van der Waals surface area contributed by atoms with E-state index in [-0.39, 0.29) is 12.4 Å². The molecule has 17 heavy (non-hydrogen) atoms. The van der Waals surface area contributed by atoms with E-state index >= 15 is 0 Å². The van der Waals surface area contributed by atoms with Gasteiger partial charge in [0.25, 0.3) is 0 Å². The van der Waals surface area contributed by atoms with Crippen molar-refractivity contribution in [2.75, 3.05) is 5.73 Å². The van der Waals surface area contributed by atoms with Gasteiger partial charge in [-0.05, 0) is 34.5 Å². The van der Waals surface area contributed by atoms with Crippen LogP contribution in [0.1, 0.15) is 11.1 Å². The highest BCUT2D eigenvalue weighted by Crippen LogP contribution is 2.09. The van der Waals surface area contributed by atoms with E-state index in [1.807, 2.05) is 29.0 Å². The van der Waals surface area contributed by atoms with Crippen LogP contribution in [0.5, 0.6) is 0 Å². The van der Waals surface area contributed by atoms with Crippen LogP contribution in [0.25, 0.3) is 0 Å². The van der Waals surface area contributed by atoms with Gasteiger partial charge in [-0.15, -0.1) is 0 Å². The highest BCUT2D eigenvalue weighted by atomic mass is 32.1. The van der Waals surface area contributed by atoms with Crippen LogP contribution in [0, 0.1) is 0 Å². The molecular formula is C13H13NO2S.